The lowest BCUT2D eigenvalue weighted by molar-refractivity contribution is -0.136. The van der Waals surface area contributed by atoms with E-state index in [0.717, 1.165) is 67.7 Å². The predicted molar refractivity (Wildman–Crippen MR) is 164 cm³/mol. The Hall–Kier alpha value is -2.82. The van der Waals surface area contributed by atoms with Crippen LogP contribution in [0.2, 0.25) is 0 Å². The number of carbonyl (C=O) groups is 1. The number of urea groups is 1. The van der Waals surface area contributed by atoms with E-state index >= 15 is 0 Å². The number of piperazine rings is 1. The highest BCUT2D eigenvalue weighted by atomic mass is 32.2. The summed E-state index contributed by atoms with van der Waals surface area (Å²) < 4.78 is 26.9. The van der Waals surface area contributed by atoms with Crippen molar-refractivity contribution in [1.82, 2.24) is 9.62 Å². The zero-order chi connectivity index (χ0) is 28.6. The third kappa shape index (κ3) is 4.57. The number of carbonyl (C=O) groups excluding carboxylic acids is 1. The molecule has 2 amide bonds. The average Bonchev–Trinajstić information content (AvgIpc) is 3.84. The molecule has 3 unspecified atom stereocenters. The maximum Gasteiger partial charge on any atom is 0.322 e. The Bertz CT molecular complexity index is 1450. The van der Waals surface area contributed by atoms with Crippen LogP contribution in [0, 0.1) is 17.8 Å². The minimum Gasteiger partial charge on any atom is -0.390 e. The van der Waals surface area contributed by atoms with Gasteiger partial charge in [-0.25, -0.2) is 13.2 Å². The summed E-state index contributed by atoms with van der Waals surface area (Å²) in [6, 6.07) is 16.8. The molecule has 5 aliphatic carbocycles. The van der Waals surface area contributed by atoms with E-state index < -0.39 is 15.6 Å². The van der Waals surface area contributed by atoms with Crippen LogP contribution in [0.3, 0.4) is 0 Å². The summed E-state index contributed by atoms with van der Waals surface area (Å²) >= 11 is 0. The quantitative estimate of drug-likeness (QED) is 0.548. The van der Waals surface area contributed by atoms with Gasteiger partial charge >= 0.3 is 6.03 Å². The van der Waals surface area contributed by atoms with Gasteiger partial charge in [-0.3, -0.25) is 4.90 Å². The fraction of sp³-hybridized carbons (Fsp3) is 0.594. The minimum atomic E-state index is -3.11. The topological polar surface area (TPSA) is 96.4 Å². The predicted octanol–water partition coefficient (Wildman–Crippen LogP) is 3.91. The van der Waals surface area contributed by atoms with Gasteiger partial charge in [0.25, 0.3) is 0 Å². The van der Waals surface area contributed by atoms with Crippen LogP contribution in [0.15, 0.2) is 48.5 Å². The smallest absolute Gasteiger partial charge is 0.322 e. The molecule has 5 saturated carbocycles. The van der Waals surface area contributed by atoms with Crippen LogP contribution < -0.4 is 20.0 Å². The Morgan fingerprint density at radius 1 is 0.810 bits per heavy atom. The molecule has 9 nitrogen and oxygen atoms in total. The third-order valence-corrected chi connectivity index (χ3v) is 13.3. The molecule has 0 radical (unpaired) electrons. The number of para-hydroxylation sites is 2. The number of sulfonamides is 1. The number of hydrogen-bond donors (Lipinski definition) is 2. The van der Waals surface area contributed by atoms with Gasteiger partial charge in [0.1, 0.15) is 0 Å². The van der Waals surface area contributed by atoms with Gasteiger partial charge in [0.15, 0.2) is 0 Å². The van der Waals surface area contributed by atoms with Crippen LogP contribution in [-0.2, 0) is 10.0 Å². The van der Waals surface area contributed by atoms with Crippen molar-refractivity contribution in [2.24, 2.45) is 17.8 Å². The van der Waals surface area contributed by atoms with E-state index in [-0.39, 0.29) is 17.3 Å². The van der Waals surface area contributed by atoms with Crippen LogP contribution in [0.25, 0.3) is 0 Å². The second kappa shape index (κ2) is 9.86. The standard InChI is InChI=1S/C32H41N5O4S/c38-31(33-30-23-17-22-18-24(30)21-32(39,19-22)20-23)37-16-15-36(28-3-1-2-4-29(28)37)26-7-5-25(6-8-26)34-11-13-35(14-12-34)42(40,41)27-9-10-27/h1-8,22-24,27,30,39H,9-21H2,(H,33,38)/t22?,23-,24+,30?,32?. The molecule has 6 fully saturated rings. The maximum atomic E-state index is 13.7. The van der Waals surface area contributed by atoms with Gasteiger partial charge in [0, 0.05) is 56.7 Å². The van der Waals surface area contributed by atoms with E-state index in [0.29, 0.717) is 57.0 Å². The lowest BCUT2D eigenvalue weighted by atomic mass is 9.52. The highest BCUT2D eigenvalue weighted by molar-refractivity contribution is 7.90. The molecule has 1 saturated heterocycles. The van der Waals surface area contributed by atoms with E-state index in [4.69, 9.17) is 0 Å². The number of hydrogen-bond acceptors (Lipinski definition) is 6. The maximum absolute atomic E-state index is 13.7. The molecule has 7 aliphatic rings. The van der Waals surface area contributed by atoms with E-state index in [1.54, 1.807) is 4.31 Å². The summed E-state index contributed by atoms with van der Waals surface area (Å²) in [4.78, 5) is 20.2. The summed E-state index contributed by atoms with van der Waals surface area (Å²) in [6.45, 7) is 3.77. The Balaban J connectivity index is 0.948. The van der Waals surface area contributed by atoms with Crippen LogP contribution in [0.1, 0.15) is 44.9 Å². The van der Waals surface area contributed by atoms with Crippen molar-refractivity contribution < 1.29 is 18.3 Å². The fourth-order valence-electron chi connectivity index (χ4n) is 8.90. The molecule has 224 valence electrons. The second-order valence-electron chi connectivity index (χ2n) is 13.6. The number of nitrogens with one attached hydrogen (secondary N) is 1. The van der Waals surface area contributed by atoms with Gasteiger partial charge < -0.3 is 20.2 Å². The first-order valence-corrected chi connectivity index (χ1v) is 17.3. The monoisotopic (exact) mass is 591 g/mol. The SMILES string of the molecule is O=C(NC1[C@@H]2CC3C[C@H]1CC(O)(C3)C2)N1CCN(c2ccc(N3CCN(S(=O)(=O)C4CC4)CC3)cc2)c2ccccc21. The zero-order valence-corrected chi connectivity index (χ0v) is 24.9. The molecule has 5 atom stereocenters. The molecule has 42 heavy (non-hydrogen) atoms. The van der Waals surface area contributed by atoms with Gasteiger partial charge in [-0.1, -0.05) is 12.1 Å². The first-order chi connectivity index (χ1) is 20.3. The van der Waals surface area contributed by atoms with Crippen LogP contribution in [-0.4, -0.2) is 80.0 Å². The molecule has 0 aromatic heterocycles. The van der Waals surface area contributed by atoms with Crippen molar-refractivity contribution in [3.8, 4) is 0 Å². The first kappa shape index (κ1) is 26.8. The Kier molecular flexibility index (Phi) is 6.28. The van der Waals surface area contributed by atoms with Gasteiger partial charge in [0.05, 0.1) is 22.2 Å². The second-order valence-corrected chi connectivity index (χ2v) is 15.8. The molecular weight excluding hydrogens is 550 g/mol. The molecule has 2 aromatic carbocycles. The molecule has 2 aromatic rings. The summed E-state index contributed by atoms with van der Waals surface area (Å²) in [6.07, 6.45) is 6.44. The van der Waals surface area contributed by atoms with Gasteiger partial charge in [0.2, 0.25) is 10.0 Å². The molecule has 0 spiro atoms. The van der Waals surface area contributed by atoms with Crippen molar-refractivity contribution >= 4 is 38.8 Å². The summed E-state index contributed by atoms with van der Waals surface area (Å²) in [5, 5.41) is 14.2. The summed E-state index contributed by atoms with van der Waals surface area (Å²) in [7, 11) is -3.11. The van der Waals surface area contributed by atoms with E-state index in [1.165, 1.54) is 0 Å². The average molecular weight is 592 g/mol. The fourth-order valence-corrected chi connectivity index (χ4v) is 10.7. The Morgan fingerprint density at radius 3 is 2.10 bits per heavy atom. The summed E-state index contributed by atoms with van der Waals surface area (Å²) in [5.74, 6) is 1.38. The number of fused-ring (bicyclic) bond motifs is 1. The van der Waals surface area contributed by atoms with Crippen LogP contribution in [0.4, 0.5) is 27.5 Å². The number of aliphatic hydroxyl groups is 1. The number of nitrogens with zero attached hydrogens (tertiary/aromatic N) is 4. The first-order valence-electron chi connectivity index (χ1n) is 15.8. The molecule has 2 N–H and O–H groups in total. The Morgan fingerprint density at radius 2 is 1.45 bits per heavy atom. The van der Waals surface area contributed by atoms with Gasteiger partial charge in [-0.2, -0.15) is 4.31 Å². The molecule has 10 heteroatoms. The van der Waals surface area contributed by atoms with E-state index in [2.05, 4.69) is 45.4 Å². The van der Waals surface area contributed by atoms with E-state index in [1.807, 2.05) is 23.1 Å². The Labute approximate surface area is 248 Å². The molecule has 2 aliphatic heterocycles. The number of rotatable bonds is 5. The van der Waals surface area contributed by atoms with Crippen LogP contribution >= 0.6 is 0 Å². The number of benzene rings is 2. The lowest BCUT2D eigenvalue weighted by Gasteiger charge is -2.58. The van der Waals surface area contributed by atoms with Crippen LogP contribution in [0.5, 0.6) is 0 Å². The molecule has 2 heterocycles. The van der Waals surface area contributed by atoms with Crippen molar-refractivity contribution in [3.05, 3.63) is 48.5 Å². The van der Waals surface area contributed by atoms with Crippen molar-refractivity contribution in [2.75, 3.05) is 54.0 Å². The molecule has 9 rings (SSSR count). The molecular formula is C32H41N5O4S. The molecule has 4 bridgehead atoms. The largest absolute Gasteiger partial charge is 0.390 e. The number of anilines is 4. The zero-order valence-electron chi connectivity index (χ0n) is 24.1. The highest BCUT2D eigenvalue weighted by Gasteiger charge is 2.55. The van der Waals surface area contributed by atoms with E-state index in [9.17, 15) is 18.3 Å². The van der Waals surface area contributed by atoms with Crippen molar-refractivity contribution in [1.29, 1.82) is 0 Å². The number of amides is 2. The van der Waals surface area contributed by atoms with Crippen molar-refractivity contribution in [3.63, 3.8) is 0 Å². The lowest BCUT2D eigenvalue weighted by Crippen LogP contribution is -2.63. The highest BCUT2D eigenvalue weighted by Crippen LogP contribution is 2.55. The summed E-state index contributed by atoms with van der Waals surface area (Å²) in [5.41, 5.74) is 3.62. The van der Waals surface area contributed by atoms with Gasteiger partial charge in [-0.05, 0) is 99.1 Å². The normalized spacial score (nSPS) is 32.6. The third-order valence-electron chi connectivity index (χ3n) is 10.9. The van der Waals surface area contributed by atoms with Crippen molar-refractivity contribution in [2.45, 2.75) is 61.8 Å². The minimum absolute atomic E-state index is 0.0234. The van der Waals surface area contributed by atoms with Gasteiger partial charge in [-0.15, -0.1) is 0 Å².